The molecule has 0 aliphatic rings. The topological polar surface area (TPSA) is 46.9 Å². The Labute approximate surface area is 107 Å². The molecule has 0 bridgehead atoms. The molecule has 0 aromatic carbocycles. The van der Waals surface area contributed by atoms with Gasteiger partial charge in [-0.25, -0.2) is 4.98 Å². The van der Waals surface area contributed by atoms with Crippen LogP contribution in [0, 0.1) is 6.92 Å². The van der Waals surface area contributed by atoms with Gasteiger partial charge in [0.25, 0.3) is 0 Å². The molecule has 2 aromatic heterocycles. The van der Waals surface area contributed by atoms with Crippen LogP contribution in [0.1, 0.15) is 25.1 Å². The highest BCUT2D eigenvalue weighted by molar-refractivity contribution is 5.84. The van der Waals surface area contributed by atoms with E-state index in [0.717, 1.165) is 22.3 Å². The Morgan fingerprint density at radius 3 is 2.72 bits per heavy atom. The fraction of sp³-hybridized carbons (Fsp3) is 0.286. The fourth-order valence-electron chi connectivity index (χ4n) is 1.86. The van der Waals surface area contributed by atoms with Crippen LogP contribution in [0.15, 0.2) is 24.5 Å². The molecule has 0 atom stereocenters. The van der Waals surface area contributed by atoms with Crippen molar-refractivity contribution in [2.75, 3.05) is 0 Å². The standard InChI is InChI=1S/C12H13N3O.C2H6/c1-9-10-4-3-6-14-12(10)15(2)11(9)5-7-13-8-16;1-2/h3-8H,1-2H3,(H,13,16);1-2H3/b7-5-;. The molecule has 0 saturated carbocycles. The molecule has 18 heavy (non-hydrogen) atoms. The molecule has 0 unspecified atom stereocenters. The number of pyridine rings is 1. The molecule has 0 saturated heterocycles. The molecule has 2 aromatic rings. The number of nitrogens with zero attached hydrogens (tertiary/aromatic N) is 2. The number of hydrogen-bond acceptors (Lipinski definition) is 2. The van der Waals surface area contributed by atoms with Crippen LogP contribution in [0.2, 0.25) is 0 Å². The van der Waals surface area contributed by atoms with Crippen molar-refractivity contribution >= 4 is 23.5 Å². The van der Waals surface area contributed by atoms with E-state index in [9.17, 15) is 4.79 Å². The highest BCUT2D eigenvalue weighted by Crippen LogP contribution is 2.23. The molecule has 0 spiro atoms. The summed E-state index contributed by atoms with van der Waals surface area (Å²) in [5, 5.41) is 3.64. The van der Waals surface area contributed by atoms with E-state index in [-0.39, 0.29) is 0 Å². The van der Waals surface area contributed by atoms with Crippen LogP contribution in [0.4, 0.5) is 0 Å². The zero-order valence-electron chi connectivity index (χ0n) is 11.3. The predicted octanol–water partition coefficient (Wildman–Crippen LogP) is 2.62. The van der Waals surface area contributed by atoms with Crippen molar-refractivity contribution in [3.63, 3.8) is 0 Å². The van der Waals surface area contributed by atoms with Crippen LogP contribution in [-0.2, 0) is 11.8 Å². The van der Waals surface area contributed by atoms with Gasteiger partial charge in [-0.05, 0) is 30.7 Å². The molecule has 1 amide bonds. The molecule has 0 aliphatic carbocycles. The summed E-state index contributed by atoms with van der Waals surface area (Å²) in [6.45, 7) is 6.05. The molecule has 0 fully saturated rings. The predicted molar refractivity (Wildman–Crippen MR) is 75.0 cm³/mol. The molecule has 4 heteroatoms. The number of hydrogen-bond donors (Lipinski definition) is 1. The Balaban J connectivity index is 0.000000771. The molecule has 2 heterocycles. The van der Waals surface area contributed by atoms with E-state index < -0.39 is 0 Å². The maximum Gasteiger partial charge on any atom is 0.211 e. The van der Waals surface area contributed by atoms with Gasteiger partial charge >= 0.3 is 0 Å². The van der Waals surface area contributed by atoms with Gasteiger partial charge in [0.15, 0.2) is 0 Å². The molecule has 96 valence electrons. The monoisotopic (exact) mass is 245 g/mol. The van der Waals surface area contributed by atoms with Crippen LogP contribution in [0.5, 0.6) is 0 Å². The summed E-state index contributed by atoms with van der Waals surface area (Å²) in [6.07, 6.45) is 5.91. The molecule has 2 rings (SSSR count). The Hall–Kier alpha value is -2.10. The van der Waals surface area contributed by atoms with E-state index >= 15 is 0 Å². The second-order valence-electron chi connectivity index (χ2n) is 3.56. The van der Waals surface area contributed by atoms with Crippen molar-refractivity contribution in [3.05, 3.63) is 35.8 Å². The van der Waals surface area contributed by atoms with Gasteiger partial charge in [0.2, 0.25) is 6.41 Å². The summed E-state index contributed by atoms with van der Waals surface area (Å²) in [5.41, 5.74) is 3.16. The molecule has 4 nitrogen and oxygen atoms in total. The number of nitrogens with one attached hydrogen (secondary N) is 1. The van der Waals surface area contributed by atoms with Gasteiger partial charge in [0.1, 0.15) is 5.65 Å². The zero-order valence-corrected chi connectivity index (χ0v) is 11.3. The van der Waals surface area contributed by atoms with Gasteiger partial charge in [-0.1, -0.05) is 13.8 Å². The molecule has 1 N–H and O–H groups in total. The number of aromatic nitrogens is 2. The maximum absolute atomic E-state index is 10.2. The van der Waals surface area contributed by atoms with Crippen molar-refractivity contribution in [1.29, 1.82) is 0 Å². The number of amides is 1. The van der Waals surface area contributed by atoms with Gasteiger partial charge in [0, 0.05) is 30.5 Å². The van der Waals surface area contributed by atoms with Crippen molar-refractivity contribution in [3.8, 4) is 0 Å². The lowest BCUT2D eigenvalue weighted by molar-refractivity contribution is -0.108. The van der Waals surface area contributed by atoms with E-state index in [2.05, 4.69) is 10.3 Å². The van der Waals surface area contributed by atoms with Gasteiger partial charge in [0.05, 0.1) is 0 Å². The number of carbonyl (C=O) groups is 1. The first-order chi connectivity index (χ1) is 8.75. The minimum atomic E-state index is 0.646. The van der Waals surface area contributed by atoms with Crippen molar-refractivity contribution in [2.45, 2.75) is 20.8 Å². The second-order valence-corrected chi connectivity index (χ2v) is 3.56. The van der Waals surface area contributed by atoms with Crippen molar-refractivity contribution < 1.29 is 4.79 Å². The average Bonchev–Trinajstić information content (AvgIpc) is 2.67. The Morgan fingerprint density at radius 2 is 2.11 bits per heavy atom. The van der Waals surface area contributed by atoms with Gasteiger partial charge < -0.3 is 9.88 Å². The van der Waals surface area contributed by atoms with Gasteiger partial charge in [-0.2, -0.15) is 0 Å². The van der Waals surface area contributed by atoms with Crippen LogP contribution >= 0.6 is 0 Å². The lowest BCUT2D eigenvalue weighted by atomic mass is 10.2. The summed E-state index contributed by atoms with van der Waals surface area (Å²) < 4.78 is 2.01. The molecular weight excluding hydrogens is 226 g/mol. The number of fused-ring (bicyclic) bond motifs is 1. The Morgan fingerprint density at radius 1 is 1.39 bits per heavy atom. The summed E-state index contributed by atoms with van der Waals surface area (Å²) in [5.74, 6) is 0. The van der Waals surface area contributed by atoms with Crippen LogP contribution in [0.3, 0.4) is 0 Å². The summed E-state index contributed by atoms with van der Waals surface area (Å²) in [4.78, 5) is 14.5. The highest BCUT2D eigenvalue weighted by atomic mass is 16.1. The minimum absolute atomic E-state index is 0.646. The van der Waals surface area contributed by atoms with Gasteiger partial charge in [-0.3, -0.25) is 4.79 Å². The molecule has 0 aliphatic heterocycles. The average molecular weight is 245 g/mol. The summed E-state index contributed by atoms with van der Waals surface area (Å²) in [6, 6.07) is 3.97. The fourth-order valence-corrected chi connectivity index (χ4v) is 1.86. The lowest BCUT2D eigenvalue weighted by Gasteiger charge is -1.98. The number of carbonyl (C=O) groups excluding carboxylic acids is 1. The van der Waals surface area contributed by atoms with Crippen LogP contribution < -0.4 is 5.32 Å². The SMILES string of the molecule is CC.Cc1c(/C=C\NC=O)n(C)c2ncccc12. The first-order valence-corrected chi connectivity index (χ1v) is 6.02. The van der Waals surface area contributed by atoms with E-state index in [1.165, 1.54) is 0 Å². The zero-order chi connectivity index (χ0) is 13.5. The Kier molecular flexibility index (Phi) is 5.11. The first kappa shape index (κ1) is 14.0. The van der Waals surface area contributed by atoms with Crippen LogP contribution in [-0.4, -0.2) is 16.0 Å². The van der Waals surface area contributed by atoms with E-state index in [0.29, 0.717) is 6.41 Å². The third kappa shape index (κ3) is 2.59. The Bertz CT molecular complexity index is 516. The third-order valence-corrected chi connectivity index (χ3v) is 2.66. The third-order valence-electron chi connectivity index (χ3n) is 2.66. The highest BCUT2D eigenvalue weighted by Gasteiger charge is 2.09. The number of rotatable bonds is 3. The summed E-state index contributed by atoms with van der Waals surface area (Å²) in [7, 11) is 1.96. The summed E-state index contributed by atoms with van der Waals surface area (Å²) >= 11 is 0. The largest absolute Gasteiger partial charge is 0.335 e. The lowest BCUT2D eigenvalue weighted by Crippen LogP contribution is -1.99. The van der Waals surface area contributed by atoms with E-state index in [1.54, 1.807) is 12.4 Å². The van der Waals surface area contributed by atoms with Crippen molar-refractivity contribution in [2.24, 2.45) is 7.05 Å². The van der Waals surface area contributed by atoms with E-state index in [1.807, 2.05) is 50.6 Å². The van der Waals surface area contributed by atoms with Gasteiger partial charge in [-0.15, -0.1) is 0 Å². The molecule has 0 radical (unpaired) electrons. The number of aryl methyl sites for hydroxylation is 2. The maximum atomic E-state index is 10.2. The van der Waals surface area contributed by atoms with Crippen LogP contribution in [0.25, 0.3) is 17.1 Å². The quantitative estimate of drug-likeness (QED) is 0.845. The van der Waals surface area contributed by atoms with E-state index in [4.69, 9.17) is 0 Å². The minimum Gasteiger partial charge on any atom is -0.335 e. The van der Waals surface area contributed by atoms with Crippen molar-refractivity contribution in [1.82, 2.24) is 14.9 Å². The normalized spacial score (nSPS) is 10.2. The second kappa shape index (κ2) is 6.59. The molecular formula is C14H19N3O. The first-order valence-electron chi connectivity index (χ1n) is 6.02. The smallest absolute Gasteiger partial charge is 0.211 e.